The second-order valence-electron chi connectivity index (χ2n) is 7.53. The Hall–Kier alpha value is -3.18. The molecule has 1 aromatic carbocycles. The first kappa shape index (κ1) is 23.0. The first-order valence-corrected chi connectivity index (χ1v) is 12.0. The van der Waals surface area contributed by atoms with Gasteiger partial charge in [-0.1, -0.05) is 6.92 Å². The number of hydrogen-bond donors (Lipinski definition) is 2. The van der Waals surface area contributed by atoms with Crippen molar-refractivity contribution in [3.8, 4) is 22.6 Å². The zero-order valence-corrected chi connectivity index (χ0v) is 19.4. The van der Waals surface area contributed by atoms with Gasteiger partial charge in [-0.15, -0.1) is 0 Å². The van der Waals surface area contributed by atoms with E-state index in [1.165, 1.54) is 13.2 Å². The molecular formula is C22H27FN6O3S. The van der Waals surface area contributed by atoms with Crippen molar-refractivity contribution in [3.63, 3.8) is 0 Å². The molecule has 0 saturated carbocycles. The summed E-state index contributed by atoms with van der Waals surface area (Å²) in [6.45, 7) is 4.82. The largest absolute Gasteiger partial charge is 0.492 e. The molecule has 2 aromatic heterocycles. The molecule has 1 atom stereocenters. The van der Waals surface area contributed by atoms with Crippen molar-refractivity contribution in [1.82, 2.24) is 14.8 Å². The van der Waals surface area contributed by atoms with E-state index in [4.69, 9.17) is 15.2 Å². The highest BCUT2D eigenvalue weighted by atomic mass is 32.2. The predicted octanol–water partition coefficient (Wildman–Crippen LogP) is 2.99. The fourth-order valence-electron chi connectivity index (χ4n) is 3.63. The summed E-state index contributed by atoms with van der Waals surface area (Å²) >= 11 is 0. The molecule has 0 spiro atoms. The lowest BCUT2D eigenvalue weighted by atomic mass is 10.0. The maximum Gasteiger partial charge on any atom is 0.178 e. The maximum atomic E-state index is 14.8. The Morgan fingerprint density at radius 2 is 2.09 bits per heavy atom. The number of nitrogens with two attached hydrogens (primary N) is 1. The molecule has 1 aliphatic rings. The highest BCUT2D eigenvalue weighted by Gasteiger charge is 2.18. The molecule has 1 saturated heterocycles. The Labute approximate surface area is 194 Å². The number of hydrogen-bond acceptors (Lipinski definition) is 7. The fourth-order valence-corrected chi connectivity index (χ4v) is 4.50. The van der Waals surface area contributed by atoms with E-state index in [1.54, 1.807) is 23.0 Å². The van der Waals surface area contributed by atoms with Crippen LogP contribution in [-0.4, -0.2) is 58.1 Å². The molecule has 3 heterocycles. The lowest BCUT2D eigenvalue weighted by molar-refractivity contribution is 0.122. The SMILES string of the molecule is CCCS(=O)Nc1cc(-c2cc(-n3ccc(N4CCOCC4)n3)cnc2N)cc(F)c1OC. The second kappa shape index (κ2) is 10.2. The summed E-state index contributed by atoms with van der Waals surface area (Å²) < 4.78 is 42.2. The van der Waals surface area contributed by atoms with Gasteiger partial charge in [-0.05, 0) is 30.2 Å². The van der Waals surface area contributed by atoms with Gasteiger partial charge >= 0.3 is 0 Å². The number of nitrogen functional groups attached to an aromatic ring is 1. The van der Waals surface area contributed by atoms with Crippen LogP contribution in [0, 0.1) is 5.82 Å². The molecular weight excluding hydrogens is 447 g/mol. The molecule has 11 heteroatoms. The number of halogens is 1. The van der Waals surface area contributed by atoms with Gasteiger partial charge in [0.2, 0.25) is 0 Å². The van der Waals surface area contributed by atoms with Crippen molar-refractivity contribution in [1.29, 1.82) is 0 Å². The van der Waals surface area contributed by atoms with Crippen LogP contribution < -0.4 is 20.1 Å². The van der Waals surface area contributed by atoms with E-state index in [1.807, 2.05) is 19.2 Å². The van der Waals surface area contributed by atoms with E-state index in [0.717, 1.165) is 25.3 Å². The number of methoxy groups -OCH3 is 1. The van der Waals surface area contributed by atoms with Crippen LogP contribution in [0.5, 0.6) is 5.75 Å². The van der Waals surface area contributed by atoms with Crippen LogP contribution >= 0.6 is 0 Å². The van der Waals surface area contributed by atoms with Crippen LogP contribution in [0.15, 0.2) is 36.7 Å². The van der Waals surface area contributed by atoms with Crippen molar-refractivity contribution in [2.75, 3.05) is 54.5 Å². The second-order valence-corrected chi connectivity index (χ2v) is 8.84. The lowest BCUT2D eigenvalue weighted by Gasteiger charge is -2.26. The molecule has 33 heavy (non-hydrogen) atoms. The topological polar surface area (TPSA) is 108 Å². The summed E-state index contributed by atoms with van der Waals surface area (Å²) in [5.74, 6) is 0.915. The zero-order chi connectivity index (χ0) is 23.4. The van der Waals surface area contributed by atoms with Crippen LogP contribution in [0.25, 0.3) is 16.8 Å². The summed E-state index contributed by atoms with van der Waals surface area (Å²) in [6, 6.07) is 6.72. The molecule has 176 valence electrons. The number of rotatable bonds is 8. The van der Waals surface area contributed by atoms with Gasteiger partial charge in [0, 0.05) is 36.7 Å². The molecule has 0 amide bonds. The van der Waals surface area contributed by atoms with Gasteiger partial charge in [0.1, 0.15) is 16.8 Å². The Morgan fingerprint density at radius 3 is 2.82 bits per heavy atom. The van der Waals surface area contributed by atoms with Crippen LogP contribution in [0.4, 0.5) is 21.7 Å². The quantitative estimate of drug-likeness (QED) is 0.517. The molecule has 1 fully saturated rings. The van der Waals surface area contributed by atoms with E-state index >= 15 is 0 Å². The average molecular weight is 475 g/mol. The molecule has 0 aliphatic carbocycles. The molecule has 1 aliphatic heterocycles. The summed E-state index contributed by atoms with van der Waals surface area (Å²) in [6.07, 6.45) is 4.18. The molecule has 0 bridgehead atoms. The minimum absolute atomic E-state index is 0.00637. The van der Waals surface area contributed by atoms with E-state index in [-0.39, 0.29) is 17.3 Å². The average Bonchev–Trinajstić information content (AvgIpc) is 3.30. The van der Waals surface area contributed by atoms with Gasteiger partial charge in [-0.3, -0.25) is 0 Å². The first-order chi connectivity index (χ1) is 16.0. The third-order valence-electron chi connectivity index (χ3n) is 5.25. The zero-order valence-electron chi connectivity index (χ0n) is 18.6. The standard InChI is InChI=1S/C22H27FN6O3S/c1-3-10-33(30)27-19-12-15(11-18(23)21(19)31-2)17-13-16(14-25-22(17)24)29-5-4-20(26-29)28-6-8-32-9-7-28/h4-5,11-14,27H,3,6-10H2,1-2H3,(H2,24,25). The number of nitrogens with zero attached hydrogens (tertiary/aromatic N) is 4. The first-order valence-electron chi connectivity index (χ1n) is 10.7. The summed E-state index contributed by atoms with van der Waals surface area (Å²) in [5.41, 5.74) is 8.13. The molecule has 9 nitrogen and oxygen atoms in total. The van der Waals surface area contributed by atoms with Crippen molar-refractivity contribution in [2.24, 2.45) is 0 Å². The highest BCUT2D eigenvalue weighted by molar-refractivity contribution is 7.86. The van der Waals surface area contributed by atoms with Crippen molar-refractivity contribution in [2.45, 2.75) is 13.3 Å². The third-order valence-corrected chi connectivity index (χ3v) is 6.48. The van der Waals surface area contributed by atoms with Gasteiger partial charge < -0.3 is 24.8 Å². The third kappa shape index (κ3) is 5.09. The normalized spacial score (nSPS) is 14.8. The van der Waals surface area contributed by atoms with E-state index < -0.39 is 16.8 Å². The van der Waals surface area contributed by atoms with Crippen LogP contribution in [0.3, 0.4) is 0 Å². The molecule has 0 radical (unpaired) electrons. The van der Waals surface area contributed by atoms with Crippen molar-refractivity contribution in [3.05, 3.63) is 42.5 Å². The van der Waals surface area contributed by atoms with E-state index in [0.29, 0.717) is 35.8 Å². The molecule has 4 rings (SSSR count). The molecule has 3 aromatic rings. The fraction of sp³-hybridized carbons (Fsp3) is 0.364. The Kier molecular flexibility index (Phi) is 7.09. The lowest BCUT2D eigenvalue weighted by Crippen LogP contribution is -2.36. The summed E-state index contributed by atoms with van der Waals surface area (Å²) in [5, 5.41) is 4.65. The number of ether oxygens (including phenoxy) is 2. The van der Waals surface area contributed by atoms with Gasteiger partial charge in [-0.25, -0.2) is 18.3 Å². The van der Waals surface area contributed by atoms with Gasteiger partial charge in [-0.2, -0.15) is 5.10 Å². The van der Waals surface area contributed by atoms with Gasteiger partial charge in [0.05, 0.1) is 37.9 Å². The number of benzene rings is 1. The molecule has 3 N–H and O–H groups in total. The maximum absolute atomic E-state index is 14.8. The minimum Gasteiger partial charge on any atom is -0.492 e. The monoisotopic (exact) mass is 474 g/mol. The number of pyridine rings is 1. The number of aromatic nitrogens is 3. The van der Waals surface area contributed by atoms with Crippen LogP contribution in [0.1, 0.15) is 13.3 Å². The van der Waals surface area contributed by atoms with Gasteiger partial charge in [0.25, 0.3) is 0 Å². The van der Waals surface area contributed by atoms with Crippen molar-refractivity contribution >= 4 is 28.3 Å². The smallest absolute Gasteiger partial charge is 0.178 e. The highest BCUT2D eigenvalue weighted by Crippen LogP contribution is 2.36. The van der Waals surface area contributed by atoms with Crippen molar-refractivity contribution < 1.29 is 18.1 Å². The Morgan fingerprint density at radius 1 is 1.30 bits per heavy atom. The van der Waals surface area contributed by atoms with Crippen LogP contribution in [0.2, 0.25) is 0 Å². The minimum atomic E-state index is -1.37. The number of nitrogens with one attached hydrogen (secondary N) is 1. The molecule has 1 unspecified atom stereocenters. The Balaban J connectivity index is 1.68. The van der Waals surface area contributed by atoms with Gasteiger partial charge in [0.15, 0.2) is 17.4 Å². The van der Waals surface area contributed by atoms with Crippen LogP contribution in [-0.2, 0) is 15.7 Å². The summed E-state index contributed by atoms with van der Waals surface area (Å²) in [4.78, 5) is 6.45. The Bertz CT molecular complexity index is 1150. The number of morpholine rings is 1. The van der Waals surface area contributed by atoms with E-state index in [2.05, 4.69) is 19.7 Å². The van der Waals surface area contributed by atoms with E-state index in [9.17, 15) is 8.60 Å². The predicted molar refractivity (Wildman–Crippen MR) is 128 cm³/mol. The summed E-state index contributed by atoms with van der Waals surface area (Å²) in [7, 11) is 0.000943. The number of anilines is 3.